The summed E-state index contributed by atoms with van der Waals surface area (Å²) in [6, 6.07) is -0.381. The van der Waals surface area contributed by atoms with Gasteiger partial charge in [0, 0.05) is 23.9 Å². The second-order valence-electron chi connectivity index (χ2n) is 4.85. The predicted octanol–water partition coefficient (Wildman–Crippen LogP) is 2.22. The van der Waals surface area contributed by atoms with Gasteiger partial charge in [-0.05, 0) is 32.7 Å². The fourth-order valence-electron chi connectivity index (χ4n) is 1.61. The zero-order valence-electron chi connectivity index (χ0n) is 10.2. The van der Waals surface area contributed by atoms with Crippen LogP contribution < -0.4 is 0 Å². The minimum Gasteiger partial charge on any atom is -0.443 e. The van der Waals surface area contributed by atoms with E-state index in [1.807, 2.05) is 0 Å². The minimum absolute atomic E-state index is 0.0987. The van der Waals surface area contributed by atoms with E-state index in [0.717, 1.165) is 4.90 Å². The molecule has 1 fully saturated rings. The molecule has 0 radical (unpaired) electrons. The molecule has 17 heavy (non-hydrogen) atoms. The maximum atomic E-state index is 11.8. The van der Waals surface area contributed by atoms with Crippen LogP contribution in [0.4, 0.5) is 4.79 Å². The van der Waals surface area contributed by atoms with E-state index in [0.29, 0.717) is 6.42 Å². The van der Waals surface area contributed by atoms with Gasteiger partial charge in [0.2, 0.25) is 5.91 Å². The van der Waals surface area contributed by atoms with E-state index >= 15 is 0 Å². The first kappa shape index (κ1) is 13.3. The molecule has 0 spiro atoms. The first-order valence-corrected chi connectivity index (χ1v) is 5.41. The van der Waals surface area contributed by atoms with Crippen LogP contribution in [0.2, 0.25) is 0 Å². The predicted molar refractivity (Wildman–Crippen MR) is 60.1 cm³/mol. The molecule has 7 heteroatoms. The fourth-order valence-corrected chi connectivity index (χ4v) is 1.61. The molecule has 0 aromatic rings. The zero-order valence-corrected chi connectivity index (χ0v) is 10.2. The van der Waals surface area contributed by atoms with Crippen molar-refractivity contribution in [3.05, 3.63) is 10.4 Å². The summed E-state index contributed by atoms with van der Waals surface area (Å²) in [5, 5.41) is 3.40. The SMILES string of the molecule is CC(C)(C)OC(=O)N1C(=O)CC[C@H]1CN=[N+]=[N-]. The number of ether oxygens (including phenoxy) is 1. The van der Waals surface area contributed by atoms with Crippen molar-refractivity contribution in [2.45, 2.75) is 45.3 Å². The Bertz CT molecular complexity index is 368. The van der Waals surface area contributed by atoms with Gasteiger partial charge >= 0.3 is 6.09 Å². The second-order valence-corrected chi connectivity index (χ2v) is 4.85. The lowest BCUT2D eigenvalue weighted by Crippen LogP contribution is -2.43. The molecule has 94 valence electrons. The molecule has 1 aliphatic rings. The van der Waals surface area contributed by atoms with Gasteiger partial charge in [0.05, 0.1) is 0 Å². The molecule has 0 bridgehead atoms. The van der Waals surface area contributed by atoms with Gasteiger partial charge < -0.3 is 4.74 Å². The zero-order chi connectivity index (χ0) is 13.1. The quantitative estimate of drug-likeness (QED) is 0.420. The lowest BCUT2D eigenvalue weighted by molar-refractivity contribution is -0.128. The van der Waals surface area contributed by atoms with Crippen LogP contribution in [0, 0.1) is 0 Å². The van der Waals surface area contributed by atoms with E-state index in [1.165, 1.54) is 0 Å². The molecule has 1 rings (SSSR count). The van der Waals surface area contributed by atoms with Crippen molar-refractivity contribution in [2.75, 3.05) is 6.54 Å². The molecule has 7 nitrogen and oxygen atoms in total. The Labute approximate surface area is 99.3 Å². The molecule has 2 amide bonds. The van der Waals surface area contributed by atoms with Crippen molar-refractivity contribution in [3.63, 3.8) is 0 Å². The van der Waals surface area contributed by atoms with Gasteiger partial charge in [-0.3, -0.25) is 4.79 Å². The Kier molecular flexibility index (Phi) is 3.96. The maximum absolute atomic E-state index is 11.8. The van der Waals surface area contributed by atoms with E-state index < -0.39 is 11.7 Å². The Morgan fingerprint density at radius 2 is 2.29 bits per heavy atom. The van der Waals surface area contributed by atoms with E-state index in [9.17, 15) is 9.59 Å². The summed E-state index contributed by atoms with van der Waals surface area (Å²) in [5.41, 5.74) is 7.59. The van der Waals surface area contributed by atoms with Crippen molar-refractivity contribution in [3.8, 4) is 0 Å². The van der Waals surface area contributed by atoms with Crippen molar-refractivity contribution in [1.82, 2.24) is 4.90 Å². The molecule has 1 aliphatic heterocycles. The summed E-state index contributed by atoms with van der Waals surface area (Å²) in [5.74, 6) is -0.280. The highest BCUT2D eigenvalue weighted by atomic mass is 16.6. The van der Waals surface area contributed by atoms with Gasteiger partial charge in [-0.2, -0.15) is 0 Å². The van der Waals surface area contributed by atoms with Crippen LogP contribution in [0.3, 0.4) is 0 Å². The van der Waals surface area contributed by atoms with Crippen LogP contribution >= 0.6 is 0 Å². The van der Waals surface area contributed by atoms with Gasteiger partial charge in [0.25, 0.3) is 0 Å². The Morgan fingerprint density at radius 1 is 1.65 bits per heavy atom. The topological polar surface area (TPSA) is 95.4 Å². The third-order valence-corrected chi connectivity index (χ3v) is 2.27. The van der Waals surface area contributed by atoms with Crippen LogP contribution in [-0.4, -0.2) is 35.1 Å². The lowest BCUT2D eigenvalue weighted by atomic mass is 10.2. The molecule has 0 N–H and O–H groups in total. The fraction of sp³-hybridized carbons (Fsp3) is 0.800. The molecule has 0 aliphatic carbocycles. The molecular weight excluding hydrogens is 224 g/mol. The maximum Gasteiger partial charge on any atom is 0.417 e. The number of hydrogen-bond donors (Lipinski definition) is 0. The molecule has 0 unspecified atom stereocenters. The van der Waals surface area contributed by atoms with Crippen molar-refractivity contribution in [1.29, 1.82) is 0 Å². The largest absolute Gasteiger partial charge is 0.443 e. The van der Waals surface area contributed by atoms with Crippen LogP contribution in [0.1, 0.15) is 33.6 Å². The number of rotatable bonds is 2. The highest BCUT2D eigenvalue weighted by Crippen LogP contribution is 2.22. The number of imide groups is 1. The van der Waals surface area contributed by atoms with Gasteiger partial charge in [-0.25, -0.2) is 9.69 Å². The second kappa shape index (κ2) is 5.05. The number of carbonyl (C=O) groups is 2. The first-order chi connectivity index (χ1) is 7.85. The van der Waals surface area contributed by atoms with Crippen LogP contribution in [0.25, 0.3) is 10.4 Å². The monoisotopic (exact) mass is 240 g/mol. The molecule has 0 aromatic heterocycles. The summed E-state index contributed by atoms with van der Waals surface area (Å²) in [7, 11) is 0. The first-order valence-electron chi connectivity index (χ1n) is 5.41. The number of likely N-dealkylation sites (tertiary alicyclic amines) is 1. The van der Waals surface area contributed by atoms with Crippen molar-refractivity contribution < 1.29 is 14.3 Å². The Morgan fingerprint density at radius 3 is 2.82 bits per heavy atom. The highest BCUT2D eigenvalue weighted by Gasteiger charge is 2.37. The minimum atomic E-state index is -0.668. The van der Waals surface area contributed by atoms with Crippen molar-refractivity contribution >= 4 is 12.0 Å². The van der Waals surface area contributed by atoms with E-state index in [2.05, 4.69) is 10.0 Å². The van der Waals surface area contributed by atoms with Crippen LogP contribution in [0.15, 0.2) is 5.11 Å². The van der Waals surface area contributed by atoms with E-state index in [1.54, 1.807) is 20.8 Å². The summed E-state index contributed by atoms with van der Waals surface area (Å²) in [6.07, 6.45) is 0.125. The number of azide groups is 1. The number of amides is 2. The van der Waals surface area contributed by atoms with Gasteiger partial charge in [-0.1, -0.05) is 5.11 Å². The average molecular weight is 240 g/mol. The van der Waals surface area contributed by atoms with Gasteiger partial charge in [-0.15, -0.1) is 0 Å². The third kappa shape index (κ3) is 3.64. The molecule has 1 saturated heterocycles. The van der Waals surface area contributed by atoms with Gasteiger partial charge in [0.15, 0.2) is 0 Å². The molecule has 1 atom stereocenters. The van der Waals surface area contributed by atoms with E-state index in [4.69, 9.17) is 10.3 Å². The lowest BCUT2D eigenvalue weighted by Gasteiger charge is -2.26. The van der Waals surface area contributed by atoms with E-state index in [-0.39, 0.29) is 24.9 Å². The molecular formula is C10H16N4O3. The summed E-state index contributed by atoms with van der Waals surface area (Å²) >= 11 is 0. The molecule has 0 aromatic carbocycles. The Balaban J connectivity index is 2.74. The standard InChI is InChI=1S/C10H16N4O3/c1-10(2,3)17-9(16)14-7(6-12-13-11)4-5-8(14)15/h7H,4-6H2,1-3H3/t7-/m0/s1. The number of carbonyl (C=O) groups excluding carboxylic acids is 2. The van der Waals surface area contributed by atoms with Crippen LogP contribution in [0.5, 0.6) is 0 Å². The average Bonchev–Trinajstić information content (AvgIpc) is 2.54. The van der Waals surface area contributed by atoms with Gasteiger partial charge in [0.1, 0.15) is 5.60 Å². The highest BCUT2D eigenvalue weighted by molar-refractivity contribution is 5.94. The molecule has 1 heterocycles. The smallest absolute Gasteiger partial charge is 0.417 e. The van der Waals surface area contributed by atoms with Crippen LogP contribution in [-0.2, 0) is 9.53 Å². The normalized spacial score (nSPS) is 20.1. The number of nitrogens with zero attached hydrogens (tertiary/aromatic N) is 4. The summed E-state index contributed by atoms with van der Waals surface area (Å²) < 4.78 is 5.13. The summed E-state index contributed by atoms with van der Waals surface area (Å²) in [4.78, 5) is 27.0. The Hall–Kier alpha value is -1.75. The van der Waals surface area contributed by atoms with Crippen molar-refractivity contribution in [2.24, 2.45) is 5.11 Å². The number of hydrogen-bond acceptors (Lipinski definition) is 4. The molecule has 0 saturated carbocycles. The third-order valence-electron chi connectivity index (χ3n) is 2.27. The summed E-state index contributed by atoms with van der Waals surface area (Å²) in [6.45, 7) is 5.29.